The van der Waals surface area contributed by atoms with Gasteiger partial charge in [-0.2, -0.15) is 0 Å². The van der Waals surface area contributed by atoms with E-state index in [1.807, 2.05) is 18.0 Å². The molecule has 2 atom stereocenters. The minimum Gasteiger partial charge on any atom is -0.364 e. The molecule has 1 heterocycles. The SMILES string of the molecule is CN[C@H](C=O)CCc1cccc2c1N(C)[C@H](C=O)C2. The Morgan fingerprint density at radius 1 is 1.47 bits per heavy atom. The number of benzene rings is 1. The molecule has 2 rings (SSSR count). The molecule has 0 aliphatic carbocycles. The van der Waals surface area contributed by atoms with Crippen molar-refractivity contribution in [1.82, 2.24) is 5.32 Å². The van der Waals surface area contributed by atoms with Crippen LogP contribution >= 0.6 is 0 Å². The molecule has 1 aromatic carbocycles. The van der Waals surface area contributed by atoms with Crippen molar-refractivity contribution in [3.8, 4) is 0 Å². The first-order valence-electron chi connectivity index (χ1n) is 6.62. The van der Waals surface area contributed by atoms with Crippen LogP contribution in [-0.2, 0) is 22.4 Å². The maximum Gasteiger partial charge on any atom is 0.142 e. The summed E-state index contributed by atoms with van der Waals surface area (Å²) in [5.41, 5.74) is 3.61. The minimum atomic E-state index is -0.107. The zero-order valence-corrected chi connectivity index (χ0v) is 11.4. The standard InChI is InChI=1S/C15H20N2O2/c1-16-13(9-18)7-6-11-4-3-5-12-8-14(10-19)17(2)15(11)12/h3-5,9-10,13-14,16H,6-8H2,1-2H3/t13-,14-/m0/s1. The first kappa shape index (κ1) is 13.7. The second kappa shape index (κ2) is 5.97. The van der Waals surface area contributed by atoms with E-state index in [0.717, 1.165) is 31.8 Å². The fourth-order valence-corrected chi connectivity index (χ4v) is 2.72. The van der Waals surface area contributed by atoms with E-state index in [1.165, 1.54) is 16.8 Å². The second-order valence-electron chi connectivity index (χ2n) is 5.01. The highest BCUT2D eigenvalue weighted by Gasteiger charge is 2.27. The minimum absolute atomic E-state index is 0.0534. The second-order valence-corrected chi connectivity index (χ2v) is 5.01. The van der Waals surface area contributed by atoms with Crippen molar-refractivity contribution in [2.45, 2.75) is 31.3 Å². The summed E-state index contributed by atoms with van der Waals surface area (Å²) in [5, 5.41) is 2.98. The number of aryl methyl sites for hydroxylation is 1. The average Bonchev–Trinajstić information content (AvgIpc) is 2.77. The van der Waals surface area contributed by atoms with Crippen LogP contribution in [0.15, 0.2) is 18.2 Å². The highest BCUT2D eigenvalue weighted by Crippen LogP contribution is 2.34. The highest BCUT2D eigenvalue weighted by atomic mass is 16.1. The Labute approximate surface area is 113 Å². The number of carbonyl (C=O) groups excluding carboxylic acids is 2. The summed E-state index contributed by atoms with van der Waals surface area (Å²) in [5.74, 6) is 0. The molecule has 0 fully saturated rings. The van der Waals surface area contributed by atoms with Crippen molar-refractivity contribution in [3.05, 3.63) is 29.3 Å². The van der Waals surface area contributed by atoms with Crippen LogP contribution in [0.3, 0.4) is 0 Å². The number of carbonyl (C=O) groups is 2. The number of para-hydroxylation sites is 1. The number of nitrogens with zero attached hydrogens (tertiary/aromatic N) is 1. The van der Waals surface area contributed by atoms with Crippen molar-refractivity contribution < 1.29 is 9.59 Å². The summed E-state index contributed by atoms with van der Waals surface area (Å²) >= 11 is 0. The maximum atomic E-state index is 11.1. The largest absolute Gasteiger partial charge is 0.364 e. The third-order valence-electron chi connectivity index (χ3n) is 3.90. The number of aldehydes is 2. The molecular formula is C15H20N2O2. The number of hydrogen-bond donors (Lipinski definition) is 1. The van der Waals surface area contributed by atoms with E-state index < -0.39 is 0 Å². The summed E-state index contributed by atoms with van der Waals surface area (Å²) in [6, 6.07) is 6.03. The van der Waals surface area contributed by atoms with Crippen LogP contribution in [-0.4, -0.2) is 38.8 Å². The molecule has 4 heteroatoms. The summed E-state index contributed by atoms with van der Waals surface area (Å²) in [4.78, 5) is 23.9. The van der Waals surface area contributed by atoms with E-state index in [0.29, 0.717) is 0 Å². The van der Waals surface area contributed by atoms with Gasteiger partial charge in [0.05, 0.1) is 12.1 Å². The molecule has 1 aromatic rings. The number of fused-ring (bicyclic) bond motifs is 1. The molecule has 0 amide bonds. The Bertz CT molecular complexity index is 473. The first-order valence-corrected chi connectivity index (χ1v) is 6.62. The Hall–Kier alpha value is -1.68. The molecule has 0 aromatic heterocycles. The molecule has 0 saturated carbocycles. The third-order valence-corrected chi connectivity index (χ3v) is 3.90. The third kappa shape index (κ3) is 2.68. The molecule has 0 unspecified atom stereocenters. The molecule has 102 valence electrons. The van der Waals surface area contributed by atoms with Gasteiger partial charge >= 0.3 is 0 Å². The molecule has 1 N–H and O–H groups in total. The van der Waals surface area contributed by atoms with Crippen molar-refractivity contribution in [2.24, 2.45) is 0 Å². The van der Waals surface area contributed by atoms with Crippen LogP contribution in [0.4, 0.5) is 5.69 Å². The van der Waals surface area contributed by atoms with E-state index in [9.17, 15) is 9.59 Å². The number of anilines is 1. The van der Waals surface area contributed by atoms with E-state index >= 15 is 0 Å². The van der Waals surface area contributed by atoms with Crippen LogP contribution < -0.4 is 10.2 Å². The molecule has 0 spiro atoms. The maximum absolute atomic E-state index is 11.1. The Morgan fingerprint density at radius 3 is 2.89 bits per heavy atom. The van der Waals surface area contributed by atoms with Crippen molar-refractivity contribution >= 4 is 18.3 Å². The molecule has 0 saturated heterocycles. The van der Waals surface area contributed by atoms with E-state index in [-0.39, 0.29) is 12.1 Å². The zero-order valence-electron chi connectivity index (χ0n) is 11.4. The zero-order chi connectivity index (χ0) is 13.8. The predicted octanol–water partition coefficient (Wildman–Crippen LogP) is 0.966. The van der Waals surface area contributed by atoms with Crippen molar-refractivity contribution in [2.75, 3.05) is 19.0 Å². The van der Waals surface area contributed by atoms with E-state index in [1.54, 1.807) is 7.05 Å². The normalized spacial score (nSPS) is 19.1. The van der Waals surface area contributed by atoms with Crippen molar-refractivity contribution in [3.63, 3.8) is 0 Å². The van der Waals surface area contributed by atoms with Gasteiger partial charge in [-0.1, -0.05) is 18.2 Å². The molecule has 0 bridgehead atoms. The van der Waals surface area contributed by atoms with Gasteiger partial charge in [0.2, 0.25) is 0 Å². The Balaban J connectivity index is 2.18. The molecule has 4 nitrogen and oxygen atoms in total. The quantitative estimate of drug-likeness (QED) is 0.774. The lowest BCUT2D eigenvalue weighted by Gasteiger charge is -2.21. The van der Waals surface area contributed by atoms with Gasteiger partial charge in [-0.05, 0) is 31.0 Å². The fraction of sp³-hybridized carbons (Fsp3) is 0.467. The van der Waals surface area contributed by atoms with Gasteiger partial charge in [0.1, 0.15) is 12.6 Å². The number of likely N-dealkylation sites (N-methyl/N-ethyl adjacent to an activating group) is 2. The lowest BCUT2D eigenvalue weighted by Crippen LogP contribution is -2.30. The van der Waals surface area contributed by atoms with Crippen LogP contribution in [0.5, 0.6) is 0 Å². The van der Waals surface area contributed by atoms with Gasteiger partial charge in [-0.15, -0.1) is 0 Å². The Morgan fingerprint density at radius 2 is 2.26 bits per heavy atom. The predicted molar refractivity (Wildman–Crippen MR) is 75.6 cm³/mol. The number of rotatable bonds is 6. The first-order chi connectivity index (χ1) is 9.21. The molecular weight excluding hydrogens is 240 g/mol. The number of nitrogens with one attached hydrogen (secondary N) is 1. The van der Waals surface area contributed by atoms with E-state index in [2.05, 4.69) is 17.4 Å². The van der Waals surface area contributed by atoms with E-state index in [4.69, 9.17) is 0 Å². The Kier molecular flexibility index (Phi) is 4.32. The topological polar surface area (TPSA) is 49.4 Å². The lowest BCUT2D eigenvalue weighted by atomic mass is 10.0. The highest BCUT2D eigenvalue weighted by molar-refractivity contribution is 5.75. The van der Waals surface area contributed by atoms with Gasteiger partial charge in [0, 0.05) is 19.2 Å². The van der Waals surface area contributed by atoms with Crippen LogP contribution in [0.25, 0.3) is 0 Å². The smallest absolute Gasteiger partial charge is 0.142 e. The van der Waals surface area contributed by atoms with Gasteiger partial charge in [-0.3, -0.25) is 0 Å². The number of hydrogen-bond acceptors (Lipinski definition) is 4. The molecule has 19 heavy (non-hydrogen) atoms. The van der Waals surface area contributed by atoms with Crippen LogP contribution in [0, 0.1) is 0 Å². The van der Waals surface area contributed by atoms with Gasteiger partial charge < -0.3 is 19.8 Å². The average molecular weight is 260 g/mol. The summed E-state index contributed by atoms with van der Waals surface area (Å²) in [6.07, 6.45) is 4.35. The molecule has 0 radical (unpaired) electrons. The summed E-state index contributed by atoms with van der Waals surface area (Å²) < 4.78 is 0. The van der Waals surface area contributed by atoms with Crippen LogP contribution in [0.2, 0.25) is 0 Å². The summed E-state index contributed by atoms with van der Waals surface area (Å²) in [7, 11) is 3.76. The van der Waals surface area contributed by atoms with Gasteiger partial charge in [0.25, 0.3) is 0 Å². The van der Waals surface area contributed by atoms with Gasteiger partial charge in [-0.25, -0.2) is 0 Å². The van der Waals surface area contributed by atoms with Crippen molar-refractivity contribution in [1.29, 1.82) is 0 Å². The molecule has 1 aliphatic rings. The summed E-state index contributed by atoms with van der Waals surface area (Å²) in [6.45, 7) is 0. The lowest BCUT2D eigenvalue weighted by molar-refractivity contribution is -0.110. The molecule has 1 aliphatic heterocycles. The van der Waals surface area contributed by atoms with Crippen LogP contribution in [0.1, 0.15) is 17.5 Å². The monoisotopic (exact) mass is 260 g/mol. The fourth-order valence-electron chi connectivity index (χ4n) is 2.72. The van der Waals surface area contributed by atoms with Gasteiger partial charge in [0.15, 0.2) is 0 Å².